The fraction of sp³-hybridized carbons (Fsp3) is 0.583. The molecule has 1 aliphatic carbocycles. The lowest BCUT2D eigenvalue weighted by Crippen LogP contribution is -2.34. The molecule has 9 heteroatoms. The zero-order valence-electron chi connectivity index (χ0n) is 11.1. The third-order valence-corrected chi connectivity index (χ3v) is 5.89. The normalized spacial score (nSPS) is 20.7. The van der Waals surface area contributed by atoms with Crippen LogP contribution in [0.1, 0.15) is 32.1 Å². The predicted molar refractivity (Wildman–Crippen MR) is 76.3 cm³/mol. The van der Waals surface area contributed by atoms with Crippen molar-refractivity contribution in [3.8, 4) is 0 Å². The second-order valence-electron chi connectivity index (χ2n) is 5.23. The van der Waals surface area contributed by atoms with Crippen LogP contribution in [0, 0.1) is 5.41 Å². The van der Waals surface area contributed by atoms with Gasteiger partial charge in [-0.15, -0.1) is 10.2 Å². The number of hydrogen-bond acceptors (Lipinski definition) is 7. The van der Waals surface area contributed by atoms with E-state index in [1.165, 1.54) is 0 Å². The number of carbonyl (C=O) groups is 3. The molecule has 0 atom stereocenters. The van der Waals surface area contributed by atoms with Gasteiger partial charge < -0.3 is 5.11 Å². The van der Waals surface area contributed by atoms with Gasteiger partial charge in [-0.3, -0.25) is 14.4 Å². The number of carboxylic acid groups (broad SMARTS) is 1. The molecule has 1 N–H and O–H groups in total. The number of aliphatic carboxylic acids is 1. The Morgan fingerprint density at radius 3 is 2.71 bits per heavy atom. The maximum Gasteiger partial charge on any atom is 0.313 e. The van der Waals surface area contributed by atoms with Gasteiger partial charge in [0.15, 0.2) is 4.34 Å². The highest BCUT2D eigenvalue weighted by molar-refractivity contribution is 8.01. The van der Waals surface area contributed by atoms with Crippen LogP contribution in [-0.4, -0.2) is 38.8 Å². The molecule has 2 fully saturated rings. The van der Waals surface area contributed by atoms with Gasteiger partial charge in [-0.2, -0.15) is 0 Å². The maximum absolute atomic E-state index is 12.6. The highest BCUT2D eigenvalue weighted by atomic mass is 32.2. The van der Waals surface area contributed by atoms with E-state index in [0.717, 1.165) is 53.7 Å². The highest BCUT2D eigenvalue weighted by Crippen LogP contribution is 2.48. The number of hydrogen-bond donors (Lipinski definition) is 1. The van der Waals surface area contributed by atoms with Crippen LogP contribution >= 0.6 is 23.1 Å². The van der Waals surface area contributed by atoms with E-state index in [0.29, 0.717) is 4.34 Å². The largest absolute Gasteiger partial charge is 0.481 e. The molecule has 1 saturated carbocycles. The number of carbonyl (C=O) groups excluding carboxylic acids is 2. The van der Waals surface area contributed by atoms with E-state index in [2.05, 4.69) is 10.2 Å². The van der Waals surface area contributed by atoms with Crippen LogP contribution in [-0.2, 0) is 14.4 Å². The number of anilines is 1. The van der Waals surface area contributed by atoms with Gasteiger partial charge in [0.2, 0.25) is 16.9 Å². The van der Waals surface area contributed by atoms with Gasteiger partial charge in [-0.25, -0.2) is 4.90 Å². The fourth-order valence-corrected chi connectivity index (χ4v) is 4.48. The molecular formula is C12H13N3O4S2. The zero-order chi connectivity index (χ0) is 15.0. The van der Waals surface area contributed by atoms with E-state index in [1.807, 2.05) is 0 Å². The van der Waals surface area contributed by atoms with E-state index in [-0.39, 0.29) is 29.1 Å². The molecular weight excluding hydrogens is 314 g/mol. The van der Waals surface area contributed by atoms with Crippen molar-refractivity contribution in [1.82, 2.24) is 10.2 Å². The molecule has 7 nitrogen and oxygen atoms in total. The number of amides is 2. The van der Waals surface area contributed by atoms with Crippen molar-refractivity contribution in [3.63, 3.8) is 0 Å². The molecule has 1 saturated heterocycles. The predicted octanol–water partition coefficient (Wildman–Crippen LogP) is 1.54. The molecule has 1 aliphatic heterocycles. The van der Waals surface area contributed by atoms with Gasteiger partial charge in [-0.05, 0) is 12.8 Å². The van der Waals surface area contributed by atoms with Crippen LogP contribution in [0.2, 0.25) is 0 Å². The monoisotopic (exact) mass is 327 g/mol. The van der Waals surface area contributed by atoms with Crippen LogP contribution < -0.4 is 4.90 Å². The van der Waals surface area contributed by atoms with E-state index in [4.69, 9.17) is 5.11 Å². The number of nitrogens with zero attached hydrogens (tertiary/aromatic N) is 3. The number of thioether (sulfide) groups is 1. The Morgan fingerprint density at radius 2 is 2.05 bits per heavy atom. The molecule has 1 aromatic heterocycles. The summed E-state index contributed by atoms with van der Waals surface area (Å²) in [5.74, 6) is -1.47. The number of aromatic nitrogens is 2. The lowest BCUT2D eigenvalue weighted by atomic mass is 9.85. The lowest BCUT2D eigenvalue weighted by molar-refractivity contribution is -0.134. The van der Waals surface area contributed by atoms with E-state index < -0.39 is 11.4 Å². The molecule has 0 radical (unpaired) electrons. The van der Waals surface area contributed by atoms with Crippen LogP contribution in [0.3, 0.4) is 0 Å². The van der Waals surface area contributed by atoms with Gasteiger partial charge in [0.25, 0.3) is 0 Å². The fourth-order valence-electron chi connectivity index (χ4n) is 2.91. The van der Waals surface area contributed by atoms with Crippen molar-refractivity contribution < 1.29 is 19.5 Å². The summed E-state index contributed by atoms with van der Waals surface area (Å²) in [6.07, 6.45) is 3.72. The Labute approximate surface area is 128 Å². The average molecular weight is 327 g/mol. The van der Waals surface area contributed by atoms with Crippen LogP contribution in [0.15, 0.2) is 4.34 Å². The minimum Gasteiger partial charge on any atom is -0.481 e. The summed E-state index contributed by atoms with van der Waals surface area (Å²) in [7, 11) is 0. The van der Waals surface area contributed by atoms with Gasteiger partial charge in [0.05, 0.1) is 11.2 Å². The van der Waals surface area contributed by atoms with Crippen LogP contribution in [0.5, 0.6) is 0 Å². The van der Waals surface area contributed by atoms with Crippen molar-refractivity contribution in [1.29, 1.82) is 0 Å². The summed E-state index contributed by atoms with van der Waals surface area (Å²) in [6, 6.07) is 0. The summed E-state index contributed by atoms with van der Waals surface area (Å²) in [5.41, 5.74) is -0.531. The number of rotatable bonds is 4. The number of imide groups is 1. The van der Waals surface area contributed by atoms with Gasteiger partial charge in [-0.1, -0.05) is 35.9 Å². The Hall–Kier alpha value is -1.48. The first kappa shape index (κ1) is 14.5. The quantitative estimate of drug-likeness (QED) is 0.508. The Kier molecular flexibility index (Phi) is 3.70. The molecule has 21 heavy (non-hydrogen) atoms. The summed E-state index contributed by atoms with van der Waals surface area (Å²) >= 11 is 2.11. The van der Waals surface area contributed by atoms with Gasteiger partial charge in [0, 0.05) is 6.42 Å². The minimum absolute atomic E-state index is 0.125. The summed E-state index contributed by atoms with van der Waals surface area (Å²) in [5, 5.41) is 16.6. The maximum atomic E-state index is 12.6. The van der Waals surface area contributed by atoms with Crippen LogP contribution in [0.25, 0.3) is 0 Å². The zero-order valence-corrected chi connectivity index (χ0v) is 12.7. The summed E-state index contributed by atoms with van der Waals surface area (Å²) in [4.78, 5) is 36.4. The second-order valence-corrected chi connectivity index (χ2v) is 7.41. The van der Waals surface area contributed by atoms with Crippen molar-refractivity contribution in [2.75, 3.05) is 10.7 Å². The first-order valence-electron chi connectivity index (χ1n) is 6.57. The minimum atomic E-state index is -0.949. The van der Waals surface area contributed by atoms with Crippen molar-refractivity contribution >= 4 is 46.0 Å². The summed E-state index contributed by atoms with van der Waals surface area (Å²) in [6.45, 7) is 0. The molecule has 0 bridgehead atoms. The third kappa shape index (κ3) is 2.55. The lowest BCUT2D eigenvalue weighted by Gasteiger charge is -2.18. The molecule has 2 amide bonds. The molecule has 1 aromatic rings. The Bertz CT molecular complexity index is 609. The average Bonchev–Trinajstić information content (AvgIpc) is 3.11. The van der Waals surface area contributed by atoms with Crippen LogP contribution in [0.4, 0.5) is 5.13 Å². The molecule has 3 rings (SSSR count). The summed E-state index contributed by atoms with van der Waals surface area (Å²) < 4.78 is 0.445. The molecule has 2 aliphatic rings. The van der Waals surface area contributed by atoms with E-state index >= 15 is 0 Å². The molecule has 1 spiro atoms. The molecule has 0 aromatic carbocycles. The topological polar surface area (TPSA) is 100 Å². The van der Waals surface area contributed by atoms with Gasteiger partial charge >= 0.3 is 5.97 Å². The van der Waals surface area contributed by atoms with Gasteiger partial charge in [0.1, 0.15) is 0 Å². The standard InChI is InChI=1S/C12H13N3O4S2/c16-7-5-12(3-1-2-4-12)9(19)15(7)10-13-14-11(21-10)20-6-8(17)18/h1-6H2,(H,17,18). The molecule has 112 valence electrons. The smallest absolute Gasteiger partial charge is 0.313 e. The van der Waals surface area contributed by atoms with E-state index in [9.17, 15) is 14.4 Å². The first-order valence-corrected chi connectivity index (χ1v) is 8.37. The number of carboxylic acids is 1. The van der Waals surface area contributed by atoms with E-state index in [1.54, 1.807) is 0 Å². The van der Waals surface area contributed by atoms with Crippen molar-refractivity contribution in [2.24, 2.45) is 5.41 Å². The molecule has 2 heterocycles. The Balaban J connectivity index is 1.79. The molecule has 0 unspecified atom stereocenters. The second kappa shape index (κ2) is 5.38. The first-order chi connectivity index (χ1) is 10.0. The highest BCUT2D eigenvalue weighted by Gasteiger charge is 2.54. The SMILES string of the molecule is O=C(O)CSc1nnc(N2C(=O)CC3(CCCC3)C2=O)s1. The Morgan fingerprint density at radius 1 is 1.33 bits per heavy atom. The van der Waals surface area contributed by atoms with Crippen molar-refractivity contribution in [2.45, 2.75) is 36.4 Å². The third-order valence-electron chi connectivity index (χ3n) is 3.86. The van der Waals surface area contributed by atoms with Crippen molar-refractivity contribution in [3.05, 3.63) is 0 Å².